The predicted molar refractivity (Wildman–Crippen MR) is 75.0 cm³/mol. The molecule has 1 aliphatic carbocycles. The average Bonchev–Trinajstić information content (AvgIpc) is 3.16. The summed E-state index contributed by atoms with van der Waals surface area (Å²) in [5.74, 6) is 1.16. The summed E-state index contributed by atoms with van der Waals surface area (Å²) in [6, 6.07) is 10.3. The number of benzene rings is 1. The molecule has 19 heavy (non-hydrogen) atoms. The Kier molecular flexibility index (Phi) is 4.80. The van der Waals surface area contributed by atoms with Gasteiger partial charge in [-0.15, -0.1) is 0 Å². The summed E-state index contributed by atoms with van der Waals surface area (Å²) >= 11 is 0. The topological polar surface area (TPSA) is 61.4 Å². The molecule has 0 aromatic heterocycles. The van der Waals surface area contributed by atoms with Crippen LogP contribution in [-0.4, -0.2) is 30.3 Å². The van der Waals surface area contributed by atoms with Crippen LogP contribution in [0.15, 0.2) is 30.3 Å². The lowest BCUT2D eigenvalue weighted by atomic mass is 10.1. The molecule has 1 aliphatic rings. The maximum Gasteiger partial charge on any atom is 0.314 e. The van der Waals surface area contributed by atoms with Gasteiger partial charge in [-0.3, -0.25) is 0 Å². The quantitative estimate of drug-likeness (QED) is 0.733. The molecule has 1 aromatic rings. The normalized spacial score (nSPS) is 22.6. The van der Waals surface area contributed by atoms with E-state index in [4.69, 9.17) is 5.11 Å². The van der Waals surface area contributed by atoms with Crippen LogP contribution in [0.3, 0.4) is 0 Å². The van der Waals surface area contributed by atoms with Crippen LogP contribution in [-0.2, 0) is 0 Å². The zero-order valence-corrected chi connectivity index (χ0v) is 11.3. The molecule has 2 rings (SSSR count). The first-order valence-corrected chi connectivity index (χ1v) is 6.91. The molecule has 4 nitrogen and oxygen atoms in total. The van der Waals surface area contributed by atoms with Gasteiger partial charge in [0.15, 0.2) is 0 Å². The highest BCUT2D eigenvalue weighted by Crippen LogP contribution is 2.46. The summed E-state index contributed by atoms with van der Waals surface area (Å²) in [6.45, 7) is 2.95. The zero-order chi connectivity index (χ0) is 13.7. The number of hydrogen-bond acceptors (Lipinski definition) is 2. The number of urea groups is 1. The van der Waals surface area contributed by atoms with Crippen molar-refractivity contribution in [3.05, 3.63) is 35.9 Å². The molecule has 0 aliphatic heterocycles. The molecule has 1 saturated carbocycles. The Morgan fingerprint density at radius 1 is 1.37 bits per heavy atom. The Hall–Kier alpha value is -1.55. The van der Waals surface area contributed by atoms with E-state index in [9.17, 15) is 4.79 Å². The van der Waals surface area contributed by atoms with Crippen molar-refractivity contribution in [2.45, 2.75) is 31.8 Å². The van der Waals surface area contributed by atoms with E-state index in [1.807, 2.05) is 6.07 Å². The van der Waals surface area contributed by atoms with Crippen molar-refractivity contribution in [3.8, 4) is 0 Å². The Morgan fingerprint density at radius 3 is 2.79 bits per heavy atom. The summed E-state index contributed by atoms with van der Waals surface area (Å²) in [7, 11) is 0. The van der Waals surface area contributed by atoms with E-state index >= 15 is 0 Å². The number of aliphatic hydroxyl groups excluding tert-OH is 1. The number of amides is 2. The van der Waals surface area contributed by atoms with Gasteiger partial charge in [0.2, 0.25) is 0 Å². The SMILES string of the molecule is CC(O)CCNC(=O)NCC1CC1c1ccccc1. The number of rotatable bonds is 6. The van der Waals surface area contributed by atoms with Crippen molar-refractivity contribution in [3.63, 3.8) is 0 Å². The van der Waals surface area contributed by atoms with Crippen molar-refractivity contribution in [2.24, 2.45) is 5.92 Å². The van der Waals surface area contributed by atoms with Crippen LogP contribution in [0.5, 0.6) is 0 Å². The van der Waals surface area contributed by atoms with Crippen LogP contribution in [0.1, 0.15) is 31.2 Å². The van der Waals surface area contributed by atoms with Gasteiger partial charge in [0, 0.05) is 13.1 Å². The number of hydrogen-bond donors (Lipinski definition) is 3. The minimum absolute atomic E-state index is 0.139. The largest absolute Gasteiger partial charge is 0.393 e. The minimum atomic E-state index is -0.369. The van der Waals surface area contributed by atoms with Gasteiger partial charge in [-0.05, 0) is 37.2 Å². The van der Waals surface area contributed by atoms with Crippen molar-refractivity contribution >= 4 is 6.03 Å². The van der Waals surface area contributed by atoms with E-state index in [0.29, 0.717) is 24.8 Å². The van der Waals surface area contributed by atoms with E-state index in [1.165, 1.54) is 5.56 Å². The van der Waals surface area contributed by atoms with E-state index in [2.05, 4.69) is 34.9 Å². The fourth-order valence-electron chi connectivity index (χ4n) is 2.26. The third-order valence-electron chi connectivity index (χ3n) is 3.52. The van der Waals surface area contributed by atoms with Crippen LogP contribution in [0, 0.1) is 5.92 Å². The molecular weight excluding hydrogens is 240 g/mol. The summed E-state index contributed by atoms with van der Waals surface area (Å²) < 4.78 is 0. The van der Waals surface area contributed by atoms with Gasteiger partial charge in [-0.2, -0.15) is 0 Å². The second kappa shape index (κ2) is 6.57. The van der Waals surface area contributed by atoms with Crippen molar-refractivity contribution in [1.29, 1.82) is 0 Å². The van der Waals surface area contributed by atoms with E-state index in [0.717, 1.165) is 13.0 Å². The van der Waals surface area contributed by atoms with Gasteiger partial charge in [-0.1, -0.05) is 30.3 Å². The molecular formula is C15H22N2O2. The molecule has 1 aromatic carbocycles. The van der Waals surface area contributed by atoms with Crippen molar-refractivity contribution in [2.75, 3.05) is 13.1 Å². The van der Waals surface area contributed by atoms with Gasteiger partial charge in [0.05, 0.1) is 6.10 Å². The molecule has 1 fully saturated rings. The summed E-state index contributed by atoms with van der Waals surface area (Å²) in [6.07, 6.45) is 1.37. The smallest absolute Gasteiger partial charge is 0.314 e. The third kappa shape index (κ3) is 4.56. The van der Waals surface area contributed by atoms with Gasteiger partial charge in [0.25, 0.3) is 0 Å². The number of nitrogens with one attached hydrogen (secondary N) is 2. The summed E-state index contributed by atoms with van der Waals surface area (Å²) in [5.41, 5.74) is 1.36. The predicted octanol–water partition coefficient (Wildman–Crippen LogP) is 1.86. The maximum atomic E-state index is 11.5. The lowest BCUT2D eigenvalue weighted by molar-refractivity contribution is 0.183. The first kappa shape index (κ1) is 13.9. The second-order valence-electron chi connectivity index (χ2n) is 5.29. The third-order valence-corrected chi connectivity index (χ3v) is 3.52. The maximum absolute atomic E-state index is 11.5. The fourth-order valence-corrected chi connectivity index (χ4v) is 2.26. The summed E-state index contributed by atoms with van der Waals surface area (Å²) in [5, 5.41) is 14.7. The standard InChI is InChI=1S/C15H22N2O2/c1-11(18)7-8-16-15(19)17-10-13-9-14(13)12-5-3-2-4-6-12/h2-6,11,13-14,18H,7-10H2,1H3,(H2,16,17,19). The van der Waals surface area contributed by atoms with Gasteiger partial charge >= 0.3 is 6.03 Å². The van der Waals surface area contributed by atoms with Crippen LogP contribution in [0.4, 0.5) is 4.79 Å². The molecule has 3 atom stereocenters. The molecule has 4 heteroatoms. The molecule has 0 heterocycles. The molecule has 3 unspecified atom stereocenters. The lowest BCUT2D eigenvalue weighted by Crippen LogP contribution is -2.37. The Labute approximate surface area is 114 Å². The first-order chi connectivity index (χ1) is 9.16. The first-order valence-electron chi connectivity index (χ1n) is 6.91. The van der Waals surface area contributed by atoms with Crippen LogP contribution >= 0.6 is 0 Å². The van der Waals surface area contributed by atoms with Crippen molar-refractivity contribution < 1.29 is 9.90 Å². The lowest BCUT2D eigenvalue weighted by Gasteiger charge is -2.08. The van der Waals surface area contributed by atoms with Crippen LogP contribution < -0.4 is 10.6 Å². The number of carbonyl (C=O) groups is 1. The van der Waals surface area contributed by atoms with E-state index in [1.54, 1.807) is 6.92 Å². The highest BCUT2D eigenvalue weighted by Gasteiger charge is 2.37. The number of aliphatic hydroxyl groups is 1. The van der Waals surface area contributed by atoms with Crippen LogP contribution in [0.2, 0.25) is 0 Å². The Bertz CT molecular complexity index is 406. The molecule has 0 saturated heterocycles. The highest BCUT2D eigenvalue weighted by atomic mass is 16.3. The number of carbonyl (C=O) groups excluding carboxylic acids is 1. The minimum Gasteiger partial charge on any atom is -0.393 e. The fraction of sp³-hybridized carbons (Fsp3) is 0.533. The van der Waals surface area contributed by atoms with Gasteiger partial charge in [0.1, 0.15) is 0 Å². The molecule has 104 valence electrons. The van der Waals surface area contributed by atoms with Gasteiger partial charge in [-0.25, -0.2) is 4.79 Å². The zero-order valence-electron chi connectivity index (χ0n) is 11.3. The molecule has 0 radical (unpaired) electrons. The summed E-state index contributed by atoms with van der Waals surface area (Å²) in [4.78, 5) is 11.5. The molecule has 0 spiro atoms. The molecule has 3 N–H and O–H groups in total. The van der Waals surface area contributed by atoms with Gasteiger partial charge < -0.3 is 15.7 Å². The average molecular weight is 262 g/mol. The Balaban J connectivity index is 1.61. The Morgan fingerprint density at radius 2 is 2.11 bits per heavy atom. The van der Waals surface area contributed by atoms with Crippen molar-refractivity contribution in [1.82, 2.24) is 10.6 Å². The van der Waals surface area contributed by atoms with Crippen LogP contribution in [0.25, 0.3) is 0 Å². The van der Waals surface area contributed by atoms with E-state index < -0.39 is 0 Å². The second-order valence-corrected chi connectivity index (χ2v) is 5.29. The van der Waals surface area contributed by atoms with E-state index in [-0.39, 0.29) is 12.1 Å². The molecule has 2 amide bonds. The molecule has 0 bridgehead atoms. The highest BCUT2D eigenvalue weighted by molar-refractivity contribution is 5.73. The monoisotopic (exact) mass is 262 g/mol.